The van der Waals surface area contributed by atoms with Gasteiger partial charge < -0.3 is 40.1 Å². The molecule has 1 aromatic heterocycles. The molecule has 37 heavy (non-hydrogen) atoms. The van der Waals surface area contributed by atoms with E-state index in [1.807, 2.05) is 0 Å². The number of hydrogen-bond donors (Lipinski definition) is 6. The van der Waals surface area contributed by atoms with Gasteiger partial charge in [-0.15, -0.1) is 0 Å². The Kier molecular flexibility index (Phi) is 12.1. The average molecular weight is 604 g/mol. The second-order valence-corrected chi connectivity index (χ2v) is 11.6. The van der Waals surface area contributed by atoms with Gasteiger partial charge in [0, 0.05) is 6.20 Å². The van der Waals surface area contributed by atoms with Crippen molar-refractivity contribution in [2.24, 2.45) is 0 Å². The summed E-state index contributed by atoms with van der Waals surface area (Å²) < 4.78 is 78.0. The fourth-order valence-corrected chi connectivity index (χ4v) is 5.88. The number of rotatable bonds is 11. The summed E-state index contributed by atoms with van der Waals surface area (Å²) in [6.45, 7) is 8.77. The van der Waals surface area contributed by atoms with Crippen LogP contribution in [-0.4, -0.2) is 83.5 Å². The molecule has 2 rings (SSSR count). The van der Waals surface area contributed by atoms with E-state index in [9.17, 15) is 37.3 Å². The molecule has 0 amide bonds. The van der Waals surface area contributed by atoms with E-state index in [1.54, 1.807) is 0 Å². The minimum atomic E-state index is -5.83. The Morgan fingerprint density at radius 2 is 1.65 bits per heavy atom. The van der Waals surface area contributed by atoms with Gasteiger partial charge in [-0.05, 0) is 25.7 Å². The zero-order valence-corrected chi connectivity index (χ0v) is 22.4. The van der Waals surface area contributed by atoms with Gasteiger partial charge in [-0.25, -0.2) is 18.5 Å². The predicted octanol–water partition coefficient (Wildman–Crippen LogP) is 0.410. The minimum absolute atomic E-state index is 0.282. The van der Waals surface area contributed by atoms with Crippen molar-refractivity contribution in [1.29, 1.82) is 0 Å². The number of aliphatic hydroxyl groups excluding tert-OH is 1. The van der Waals surface area contributed by atoms with Crippen LogP contribution in [0.2, 0.25) is 0 Å². The van der Waals surface area contributed by atoms with Crippen LogP contribution in [0.3, 0.4) is 0 Å². The summed E-state index contributed by atoms with van der Waals surface area (Å²) in [5.41, 5.74) is 3.97. The molecule has 7 N–H and O–H groups in total. The molecule has 1 aliphatic heterocycles. The number of alkyl halides is 2. The van der Waals surface area contributed by atoms with E-state index in [0.717, 1.165) is 12.3 Å². The van der Waals surface area contributed by atoms with E-state index >= 15 is 0 Å². The SMILES string of the molecule is CCN(CC)CC.Nc1ccn(C2OC(COP(=O)(O)OP(=O)(O)OP(=O)(O)O)C(O)C2(F)F)c(=O)n1. The summed E-state index contributed by atoms with van der Waals surface area (Å²) in [4.78, 5) is 52.5. The Morgan fingerprint density at radius 1 is 1.11 bits per heavy atom. The fraction of sp³-hybridized carbons (Fsp3) is 0.733. The maximum Gasteiger partial charge on any atom is 0.490 e. The van der Waals surface area contributed by atoms with E-state index in [2.05, 4.69) is 43.8 Å². The first-order valence-corrected chi connectivity index (χ1v) is 14.9. The lowest BCUT2D eigenvalue weighted by Gasteiger charge is -2.20. The van der Waals surface area contributed by atoms with Gasteiger partial charge in [-0.1, -0.05) is 20.8 Å². The monoisotopic (exact) mass is 604 g/mol. The highest BCUT2D eigenvalue weighted by Gasteiger charge is 2.60. The van der Waals surface area contributed by atoms with Crippen molar-refractivity contribution in [2.75, 3.05) is 32.0 Å². The van der Waals surface area contributed by atoms with E-state index in [-0.39, 0.29) is 10.4 Å². The van der Waals surface area contributed by atoms with Crippen LogP contribution in [0.1, 0.15) is 27.0 Å². The highest BCUT2D eigenvalue weighted by atomic mass is 31.3. The molecule has 1 aromatic rings. The van der Waals surface area contributed by atoms with Gasteiger partial charge in [0.15, 0.2) is 6.10 Å². The molecule has 17 nitrogen and oxygen atoms in total. The highest BCUT2D eigenvalue weighted by molar-refractivity contribution is 7.66. The Bertz CT molecular complexity index is 1090. The van der Waals surface area contributed by atoms with Gasteiger partial charge in [-0.2, -0.15) is 22.4 Å². The summed E-state index contributed by atoms with van der Waals surface area (Å²) in [5, 5.41) is 9.72. The first-order chi connectivity index (χ1) is 16.8. The number of nitrogen functional groups attached to an aromatic ring is 1. The Labute approximate surface area is 209 Å². The van der Waals surface area contributed by atoms with Gasteiger partial charge in [0.2, 0.25) is 6.23 Å². The van der Waals surface area contributed by atoms with Crippen LogP contribution in [0.25, 0.3) is 0 Å². The topological polar surface area (TPSA) is 253 Å². The normalized spacial score (nSPS) is 24.7. The second kappa shape index (κ2) is 13.3. The van der Waals surface area contributed by atoms with Crippen molar-refractivity contribution < 1.29 is 65.0 Å². The number of nitrogens with two attached hydrogens (primary N) is 1. The van der Waals surface area contributed by atoms with Gasteiger partial charge in [0.1, 0.15) is 11.9 Å². The molecule has 22 heteroatoms. The van der Waals surface area contributed by atoms with Crippen LogP contribution in [0.4, 0.5) is 14.6 Å². The van der Waals surface area contributed by atoms with Crippen molar-refractivity contribution >= 4 is 29.3 Å². The summed E-state index contributed by atoms with van der Waals surface area (Å²) in [7, 11) is -17.1. The molecule has 5 atom stereocenters. The first kappa shape index (κ1) is 33.9. The number of hydrogen-bond acceptors (Lipinski definition) is 12. The third kappa shape index (κ3) is 10.5. The number of phosphoric acid groups is 3. The number of anilines is 1. The molecule has 0 saturated carbocycles. The predicted molar refractivity (Wildman–Crippen MR) is 121 cm³/mol. The lowest BCUT2D eigenvalue weighted by molar-refractivity contribution is -0.140. The Morgan fingerprint density at radius 3 is 2.08 bits per heavy atom. The average Bonchev–Trinajstić information content (AvgIpc) is 2.95. The quantitative estimate of drug-likeness (QED) is 0.187. The zero-order chi connectivity index (χ0) is 28.8. The number of phosphoric ester groups is 1. The van der Waals surface area contributed by atoms with Crippen LogP contribution >= 0.6 is 23.5 Å². The van der Waals surface area contributed by atoms with Gasteiger partial charge in [0.25, 0.3) is 0 Å². The van der Waals surface area contributed by atoms with E-state index < -0.39 is 60.1 Å². The molecule has 2 heterocycles. The molecular formula is C15H29F2N4O13P3. The smallest absolute Gasteiger partial charge is 0.384 e. The summed E-state index contributed by atoms with van der Waals surface area (Å²) in [6.07, 6.45) is -6.40. The maximum absolute atomic E-state index is 14.3. The third-order valence-corrected chi connectivity index (χ3v) is 8.45. The van der Waals surface area contributed by atoms with E-state index in [4.69, 9.17) is 25.2 Å². The summed E-state index contributed by atoms with van der Waals surface area (Å²) in [6, 6.07) is 0.979. The lowest BCUT2D eigenvalue weighted by atomic mass is 10.1. The number of aliphatic hydroxyl groups is 1. The van der Waals surface area contributed by atoms with Crippen molar-refractivity contribution in [3.63, 3.8) is 0 Å². The van der Waals surface area contributed by atoms with Crippen molar-refractivity contribution in [2.45, 2.75) is 45.1 Å². The van der Waals surface area contributed by atoms with Crippen molar-refractivity contribution in [3.8, 4) is 0 Å². The first-order valence-electron chi connectivity index (χ1n) is 10.3. The molecule has 5 unspecified atom stereocenters. The van der Waals surface area contributed by atoms with Crippen molar-refractivity contribution in [1.82, 2.24) is 14.5 Å². The molecule has 0 spiro atoms. The number of nitrogens with zero attached hydrogens (tertiary/aromatic N) is 3. The van der Waals surface area contributed by atoms with Crippen LogP contribution in [-0.2, 0) is 31.6 Å². The number of aromatic nitrogens is 2. The van der Waals surface area contributed by atoms with E-state index in [1.165, 1.54) is 19.6 Å². The summed E-state index contributed by atoms with van der Waals surface area (Å²) in [5.74, 6) is -4.42. The molecule has 0 radical (unpaired) electrons. The molecule has 0 bridgehead atoms. The molecular weight excluding hydrogens is 575 g/mol. The molecule has 0 aromatic carbocycles. The standard InChI is InChI=1S/C9H14F2N3O13P3.C6H15N/c10-9(11)6(15)4(25-7(9)14-2-1-5(12)13-8(14)16)3-24-29(20,21)27-30(22,23)26-28(17,18)19;1-4-7(5-2)6-3/h1-2,4,6-7,15H,3H2,(H,20,21)(H,22,23)(H2,12,13,16)(H2,17,18,19);4-6H2,1-3H3. The molecule has 0 aliphatic carbocycles. The highest BCUT2D eigenvalue weighted by Crippen LogP contribution is 2.66. The van der Waals surface area contributed by atoms with Gasteiger partial charge >= 0.3 is 35.1 Å². The molecule has 1 aliphatic rings. The Hall–Kier alpha value is -1.17. The minimum Gasteiger partial charge on any atom is -0.384 e. The molecule has 1 saturated heterocycles. The Balaban J connectivity index is 0.000000856. The molecule has 216 valence electrons. The van der Waals surface area contributed by atoms with Gasteiger partial charge in [0.05, 0.1) is 6.61 Å². The fourth-order valence-electron chi connectivity index (χ4n) is 2.85. The van der Waals surface area contributed by atoms with Crippen molar-refractivity contribution in [3.05, 3.63) is 22.7 Å². The van der Waals surface area contributed by atoms with Crippen LogP contribution in [0.5, 0.6) is 0 Å². The van der Waals surface area contributed by atoms with Gasteiger partial charge in [-0.3, -0.25) is 9.09 Å². The molecule has 1 fully saturated rings. The maximum atomic E-state index is 14.3. The zero-order valence-electron chi connectivity index (χ0n) is 19.7. The van der Waals surface area contributed by atoms with Crippen LogP contribution in [0.15, 0.2) is 17.1 Å². The number of ether oxygens (including phenoxy) is 1. The second-order valence-electron chi connectivity index (χ2n) is 7.19. The van der Waals surface area contributed by atoms with E-state index in [0.29, 0.717) is 0 Å². The van der Waals surface area contributed by atoms with Crippen LogP contribution in [0, 0.1) is 0 Å². The lowest BCUT2D eigenvalue weighted by Crippen LogP contribution is -2.41. The largest absolute Gasteiger partial charge is 0.490 e. The number of halogens is 2. The summed E-state index contributed by atoms with van der Waals surface area (Å²) >= 11 is 0. The van der Waals surface area contributed by atoms with Crippen LogP contribution < -0.4 is 11.4 Å². The third-order valence-electron chi connectivity index (χ3n) is 4.64.